The van der Waals surface area contributed by atoms with Gasteiger partial charge >= 0.3 is 0 Å². The van der Waals surface area contributed by atoms with Gasteiger partial charge in [0.15, 0.2) is 0 Å². The molecule has 0 radical (unpaired) electrons. The van der Waals surface area contributed by atoms with Gasteiger partial charge in [-0.05, 0) is 59.4 Å². The first kappa shape index (κ1) is 16.1. The standard InChI is InChI=1S/C23H28/c1-3-5-7-12-18(11-6-4-2)20-15-10-16-22-21-14-9-8-13-19(21)17-23(20)22/h4,8-10,13-16,18H,2-3,5-7,11-12,17H2,1H3. The summed E-state index contributed by atoms with van der Waals surface area (Å²) in [6.07, 6.45) is 10.8. The van der Waals surface area contributed by atoms with E-state index >= 15 is 0 Å². The molecule has 0 saturated heterocycles. The normalized spacial score (nSPS) is 13.4. The summed E-state index contributed by atoms with van der Waals surface area (Å²) >= 11 is 0. The van der Waals surface area contributed by atoms with Gasteiger partial charge in [0.25, 0.3) is 0 Å². The Bertz CT molecular complexity index is 665. The number of benzene rings is 2. The maximum Gasteiger partial charge on any atom is -0.00106 e. The third kappa shape index (κ3) is 3.42. The van der Waals surface area contributed by atoms with Crippen LogP contribution in [0.15, 0.2) is 55.1 Å². The number of unbranched alkanes of at least 4 members (excludes halogenated alkanes) is 2. The van der Waals surface area contributed by atoms with E-state index in [4.69, 9.17) is 0 Å². The van der Waals surface area contributed by atoms with Gasteiger partial charge < -0.3 is 0 Å². The van der Waals surface area contributed by atoms with Crippen molar-refractivity contribution in [2.75, 3.05) is 0 Å². The van der Waals surface area contributed by atoms with Crippen molar-refractivity contribution in [2.45, 2.75) is 57.8 Å². The molecule has 23 heavy (non-hydrogen) atoms. The molecule has 1 aliphatic carbocycles. The molecule has 2 aromatic carbocycles. The monoisotopic (exact) mass is 304 g/mol. The predicted octanol–water partition coefficient (Wildman–Crippen LogP) is 6.89. The second kappa shape index (κ2) is 7.64. The molecule has 2 aromatic rings. The van der Waals surface area contributed by atoms with Crippen LogP contribution in [0.5, 0.6) is 0 Å². The molecule has 0 fully saturated rings. The molecule has 0 bridgehead atoms. The van der Waals surface area contributed by atoms with Gasteiger partial charge in [0.2, 0.25) is 0 Å². The summed E-state index contributed by atoms with van der Waals surface area (Å²) in [5.74, 6) is 0.684. The van der Waals surface area contributed by atoms with Gasteiger partial charge in [0.05, 0.1) is 0 Å². The maximum absolute atomic E-state index is 3.93. The van der Waals surface area contributed by atoms with Crippen LogP contribution in [-0.2, 0) is 6.42 Å². The summed E-state index contributed by atoms with van der Waals surface area (Å²) < 4.78 is 0. The van der Waals surface area contributed by atoms with Crippen molar-refractivity contribution in [3.8, 4) is 11.1 Å². The van der Waals surface area contributed by atoms with Gasteiger partial charge in [-0.3, -0.25) is 0 Å². The highest BCUT2D eigenvalue weighted by atomic mass is 14.3. The van der Waals surface area contributed by atoms with Crippen molar-refractivity contribution in [1.82, 2.24) is 0 Å². The van der Waals surface area contributed by atoms with E-state index in [0.29, 0.717) is 5.92 Å². The topological polar surface area (TPSA) is 0 Å². The highest BCUT2D eigenvalue weighted by Crippen LogP contribution is 2.42. The van der Waals surface area contributed by atoms with Gasteiger partial charge in [-0.15, -0.1) is 6.58 Å². The van der Waals surface area contributed by atoms with E-state index in [1.54, 1.807) is 11.1 Å². The summed E-state index contributed by atoms with van der Waals surface area (Å²) in [7, 11) is 0. The second-order valence-corrected chi connectivity index (χ2v) is 6.77. The van der Waals surface area contributed by atoms with Crippen LogP contribution in [0.3, 0.4) is 0 Å². The van der Waals surface area contributed by atoms with Crippen molar-refractivity contribution in [2.24, 2.45) is 0 Å². The third-order valence-corrected chi connectivity index (χ3v) is 5.20. The highest BCUT2D eigenvalue weighted by Gasteiger charge is 2.23. The number of rotatable bonds is 8. The minimum Gasteiger partial charge on any atom is -0.103 e. The summed E-state index contributed by atoms with van der Waals surface area (Å²) in [6, 6.07) is 15.8. The van der Waals surface area contributed by atoms with Crippen LogP contribution in [0, 0.1) is 0 Å². The Balaban J connectivity index is 1.90. The Hall–Kier alpha value is -1.82. The average molecular weight is 304 g/mol. The predicted molar refractivity (Wildman–Crippen MR) is 101 cm³/mol. The van der Waals surface area contributed by atoms with Crippen LogP contribution < -0.4 is 0 Å². The lowest BCUT2D eigenvalue weighted by Crippen LogP contribution is -2.03. The number of hydrogen-bond donors (Lipinski definition) is 0. The minimum atomic E-state index is 0.684. The van der Waals surface area contributed by atoms with E-state index in [9.17, 15) is 0 Å². The van der Waals surface area contributed by atoms with Crippen LogP contribution >= 0.6 is 0 Å². The van der Waals surface area contributed by atoms with Gasteiger partial charge in [-0.1, -0.05) is 74.7 Å². The van der Waals surface area contributed by atoms with E-state index in [0.717, 1.165) is 12.8 Å². The highest BCUT2D eigenvalue weighted by molar-refractivity contribution is 5.78. The zero-order chi connectivity index (χ0) is 16.1. The SMILES string of the molecule is C=CCCC(CCCCC)c1cccc2c1Cc1ccccc1-2. The van der Waals surface area contributed by atoms with Crippen LogP contribution in [0.4, 0.5) is 0 Å². The molecule has 0 nitrogen and oxygen atoms in total. The van der Waals surface area contributed by atoms with Crippen molar-refractivity contribution in [1.29, 1.82) is 0 Å². The molecule has 3 rings (SSSR count). The Morgan fingerprint density at radius 2 is 1.83 bits per heavy atom. The molecule has 0 aliphatic heterocycles. The van der Waals surface area contributed by atoms with Crippen LogP contribution in [0.25, 0.3) is 11.1 Å². The van der Waals surface area contributed by atoms with Crippen molar-refractivity contribution in [3.63, 3.8) is 0 Å². The Morgan fingerprint density at radius 3 is 2.65 bits per heavy atom. The number of fused-ring (bicyclic) bond motifs is 3. The first-order valence-electron chi connectivity index (χ1n) is 9.16. The van der Waals surface area contributed by atoms with Crippen molar-refractivity contribution < 1.29 is 0 Å². The zero-order valence-electron chi connectivity index (χ0n) is 14.4. The molecule has 0 spiro atoms. The molecule has 1 atom stereocenters. The van der Waals surface area contributed by atoms with E-state index in [-0.39, 0.29) is 0 Å². The van der Waals surface area contributed by atoms with Gasteiger partial charge in [0.1, 0.15) is 0 Å². The number of hydrogen-bond acceptors (Lipinski definition) is 0. The summed E-state index contributed by atoms with van der Waals surface area (Å²) in [4.78, 5) is 0. The quantitative estimate of drug-likeness (QED) is 0.314. The maximum atomic E-state index is 3.93. The molecule has 0 aromatic heterocycles. The Labute approximate surface area is 141 Å². The fourth-order valence-electron chi connectivity index (χ4n) is 3.98. The molecule has 1 aliphatic rings. The largest absolute Gasteiger partial charge is 0.103 e. The van der Waals surface area contributed by atoms with Crippen molar-refractivity contribution >= 4 is 0 Å². The van der Waals surface area contributed by atoms with Gasteiger partial charge in [0, 0.05) is 0 Å². The van der Waals surface area contributed by atoms with Crippen LogP contribution in [0.2, 0.25) is 0 Å². The molecule has 0 heteroatoms. The van der Waals surface area contributed by atoms with Gasteiger partial charge in [-0.25, -0.2) is 0 Å². The molecular formula is C23H28. The third-order valence-electron chi connectivity index (χ3n) is 5.20. The fraction of sp³-hybridized carbons (Fsp3) is 0.391. The van der Waals surface area contributed by atoms with E-state index in [1.165, 1.54) is 48.8 Å². The summed E-state index contributed by atoms with van der Waals surface area (Å²) in [5, 5.41) is 0. The Morgan fingerprint density at radius 1 is 1.00 bits per heavy atom. The molecule has 0 N–H and O–H groups in total. The van der Waals surface area contributed by atoms with Gasteiger partial charge in [-0.2, -0.15) is 0 Å². The van der Waals surface area contributed by atoms with E-state index in [2.05, 4.69) is 62.0 Å². The first-order chi connectivity index (χ1) is 11.3. The number of allylic oxidation sites excluding steroid dienone is 1. The average Bonchev–Trinajstić information content (AvgIpc) is 2.97. The van der Waals surface area contributed by atoms with Crippen molar-refractivity contribution in [3.05, 3.63) is 71.8 Å². The minimum absolute atomic E-state index is 0.684. The summed E-state index contributed by atoms with van der Waals surface area (Å²) in [6.45, 7) is 6.21. The Kier molecular flexibility index (Phi) is 5.33. The van der Waals surface area contributed by atoms with Crippen LogP contribution in [-0.4, -0.2) is 0 Å². The fourth-order valence-corrected chi connectivity index (χ4v) is 3.98. The van der Waals surface area contributed by atoms with E-state index < -0.39 is 0 Å². The first-order valence-corrected chi connectivity index (χ1v) is 9.16. The smallest absolute Gasteiger partial charge is 0.00106 e. The lowest BCUT2D eigenvalue weighted by molar-refractivity contribution is 0.536. The molecule has 0 heterocycles. The van der Waals surface area contributed by atoms with E-state index in [1.807, 2.05) is 0 Å². The summed E-state index contributed by atoms with van der Waals surface area (Å²) in [5.41, 5.74) is 7.58. The lowest BCUT2D eigenvalue weighted by atomic mass is 9.85. The lowest BCUT2D eigenvalue weighted by Gasteiger charge is -2.20. The second-order valence-electron chi connectivity index (χ2n) is 6.77. The molecule has 120 valence electrons. The molecule has 1 unspecified atom stereocenters. The zero-order valence-corrected chi connectivity index (χ0v) is 14.4. The molecular weight excluding hydrogens is 276 g/mol. The van der Waals surface area contributed by atoms with Crippen LogP contribution in [0.1, 0.15) is 68.1 Å². The molecule has 0 saturated carbocycles. The molecule has 0 amide bonds.